The van der Waals surface area contributed by atoms with E-state index in [4.69, 9.17) is 9.47 Å². The smallest absolute Gasteiger partial charge is 0.374 e. The summed E-state index contributed by atoms with van der Waals surface area (Å²) in [6.07, 6.45) is 10.9. The van der Waals surface area contributed by atoms with Crippen LogP contribution in [0.5, 0.6) is 0 Å². The van der Waals surface area contributed by atoms with E-state index in [0.717, 1.165) is 19.3 Å². The third-order valence-corrected chi connectivity index (χ3v) is 2.87. The molecule has 4 nitrogen and oxygen atoms in total. The Hall–Kier alpha value is -1.32. The average Bonchev–Trinajstić information content (AvgIpc) is 2.40. The highest BCUT2D eigenvalue weighted by molar-refractivity contribution is 5.89. The van der Waals surface area contributed by atoms with Crippen molar-refractivity contribution in [2.75, 3.05) is 6.61 Å². The summed E-state index contributed by atoms with van der Waals surface area (Å²) in [4.78, 5) is 22.5. The summed E-state index contributed by atoms with van der Waals surface area (Å²) in [6, 6.07) is 0. The molecular weight excluding hydrogens is 256 g/mol. The van der Waals surface area contributed by atoms with E-state index in [1.165, 1.54) is 39.0 Å². The van der Waals surface area contributed by atoms with Gasteiger partial charge in [-0.1, -0.05) is 45.4 Å². The van der Waals surface area contributed by atoms with Gasteiger partial charge < -0.3 is 9.47 Å². The topological polar surface area (TPSA) is 52.6 Å². The first-order valence-electron chi connectivity index (χ1n) is 7.67. The van der Waals surface area contributed by atoms with Gasteiger partial charge in [0.05, 0.1) is 6.61 Å². The molecule has 0 rings (SSSR count). The molecule has 0 aliphatic heterocycles. The summed E-state index contributed by atoms with van der Waals surface area (Å²) in [6.45, 7) is 5.48. The molecule has 0 N–H and O–H groups in total. The molecule has 0 spiro atoms. The fourth-order valence-corrected chi connectivity index (χ4v) is 1.86. The van der Waals surface area contributed by atoms with Gasteiger partial charge in [0.1, 0.15) is 0 Å². The van der Waals surface area contributed by atoms with E-state index >= 15 is 0 Å². The van der Waals surface area contributed by atoms with Crippen LogP contribution in [0.1, 0.15) is 72.1 Å². The van der Waals surface area contributed by atoms with Gasteiger partial charge in [-0.2, -0.15) is 0 Å². The molecule has 0 saturated heterocycles. The quantitative estimate of drug-likeness (QED) is 0.248. The fraction of sp³-hybridized carbons (Fsp3) is 0.750. The van der Waals surface area contributed by atoms with Crippen molar-refractivity contribution in [1.82, 2.24) is 0 Å². The summed E-state index contributed by atoms with van der Waals surface area (Å²) < 4.78 is 9.71. The molecule has 0 aromatic carbocycles. The second-order valence-electron chi connectivity index (χ2n) is 4.79. The Balaban J connectivity index is 3.95. The molecule has 0 fully saturated rings. The van der Waals surface area contributed by atoms with Crippen molar-refractivity contribution in [1.29, 1.82) is 0 Å². The highest BCUT2D eigenvalue weighted by Crippen LogP contribution is 2.11. The van der Waals surface area contributed by atoms with Crippen molar-refractivity contribution in [3.05, 3.63) is 11.8 Å². The first-order valence-corrected chi connectivity index (χ1v) is 7.67. The van der Waals surface area contributed by atoms with Gasteiger partial charge >= 0.3 is 11.9 Å². The zero-order chi connectivity index (χ0) is 15.2. The summed E-state index contributed by atoms with van der Waals surface area (Å²) in [5, 5.41) is 0. The van der Waals surface area contributed by atoms with Gasteiger partial charge in [-0.05, 0) is 25.8 Å². The van der Waals surface area contributed by atoms with Gasteiger partial charge in [-0.15, -0.1) is 0 Å². The fourth-order valence-electron chi connectivity index (χ4n) is 1.86. The molecule has 20 heavy (non-hydrogen) atoms. The highest BCUT2D eigenvalue weighted by Gasteiger charge is 2.13. The highest BCUT2D eigenvalue weighted by atomic mass is 16.6. The van der Waals surface area contributed by atoms with Crippen molar-refractivity contribution < 1.29 is 19.1 Å². The average molecular weight is 284 g/mol. The Morgan fingerprint density at radius 3 is 2.10 bits per heavy atom. The van der Waals surface area contributed by atoms with Gasteiger partial charge in [0, 0.05) is 6.92 Å². The SMILES string of the molecule is CCCCCCCCC/C=C(\OC(C)=O)C(=O)OCC. The molecule has 0 aliphatic carbocycles. The maximum Gasteiger partial charge on any atom is 0.374 e. The van der Waals surface area contributed by atoms with Crippen LogP contribution in [0.3, 0.4) is 0 Å². The minimum atomic E-state index is -0.564. The Morgan fingerprint density at radius 1 is 0.950 bits per heavy atom. The minimum absolute atomic E-state index is 0.0188. The van der Waals surface area contributed by atoms with Gasteiger partial charge in [-0.25, -0.2) is 4.79 Å². The molecule has 0 amide bonds. The van der Waals surface area contributed by atoms with Crippen LogP contribution < -0.4 is 0 Å². The van der Waals surface area contributed by atoms with E-state index in [-0.39, 0.29) is 12.4 Å². The zero-order valence-electron chi connectivity index (χ0n) is 13.1. The molecule has 0 heterocycles. The Kier molecular flexibility index (Phi) is 11.9. The number of ether oxygens (including phenoxy) is 2. The lowest BCUT2D eigenvalue weighted by atomic mass is 10.1. The number of carbonyl (C=O) groups is 2. The van der Waals surface area contributed by atoms with Gasteiger partial charge in [0.25, 0.3) is 0 Å². The second-order valence-corrected chi connectivity index (χ2v) is 4.79. The van der Waals surface area contributed by atoms with Crippen molar-refractivity contribution in [2.24, 2.45) is 0 Å². The predicted octanol–water partition coefficient (Wildman–Crippen LogP) is 4.14. The van der Waals surface area contributed by atoms with Crippen LogP contribution in [0, 0.1) is 0 Å². The molecule has 116 valence electrons. The number of unbranched alkanes of at least 4 members (excludes halogenated alkanes) is 7. The predicted molar refractivity (Wildman–Crippen MR) is 79.1 cm³/mol. The molecule has 0 aromatic rings. The van der Waals surface area contributed by atoms with Crippen LogP contribution >= 0.6 is 0 Å². The van der Waals surface area contributed by atoms with Gasteiger partial charge in [0.2, 0.25) is 5.76 Å². The first kappa shape index (κ1) is 18.7. The first-order chi connectivity index (χ1) is 9.61. The monoisotopic (exact) mass is 284 g/mol. The van der Waals surface area contributed by atoms with Gasteiger partial charge in [0.15, 0.2) is 0 Å². The third kappa shape index (κ3) is 10.6. The van der Waals surface area contributed by atoms with Crippen molar-refractivity contribution in [2.45, 2.75) is 72.1 Å². The van der Waals surface area contributed by atoms with E-state index in [2.05, 4.69) is 6.92 Å². The van der Waals surface area contributed by atoms with E-state index < -0.39 is 11.9 Å². The van der Waals surface area contributed by atoms with Crippen molar-refractivity contribution >= 4 is 11.9 Å². The lowest BCUT2D eigenvalue weighted by molar-refractivity contribution is -0.150. The lowest BCUT2D eigenvalue weighted by Gasteiger charge is -2.06. The largest absolute Gasteiger partial charge is 0.460 e. The zero-order valence-corrected chi connectivity index (χ0v) is 13.1. The molecule has 0 atom stereocenters. The summed E-state index contributed by atoms with van der Waals surface area (Å²) >= 11 is 0. The summed E-state index contributed by atoms with van der Waals surface area (Å²) in [5.41, 5.74) is 0. The Morgan fingerprint density at radius 2 is 1.55 bits per heavy atom. The van der Waals surface area contributed by atoms with Crippen LogP contribution in [0.25, 0.3) is 0 Å². The Labute approximate surface area is 122 Å². The van der Waals surface area contributed by atoms with Crippen LogP contribution in [-0.4, -0.2) is 18.5 Å². The van der Waals surface area contributed by atoms with Crippen molar-refractivity contribution in [3.8, 4) is 0 Å². The molecular formula is C16H28O4. The molecule has 4 heteroatoms. The summed E-state index contributed by atoms with van der Waals surface area (Å²) in [5.74, 6) is -1.04. The lowest BCUT2D eigenvalue weighted by Crippen LogP contribution is -2.13. The van der Waals surface area contributed by atoms with Crippen molar-refractivity contribution in [3.63, 3.8) is 0 Å². The standard InChI is InChI=1S/C16H28O4/c1-4-6-7-8-9-10-11-12-13-15(20-14(3)17)16(18)19-5-2/h13H,4-12H2,1-3H3/b15-13-. The maximum atomic E-state index is 11.5. The van der Waals surface area contributed by atoms with Crippen LogP contribution in [0.15, 0.2) is 11.8 Å². The van der Waals surface area contributed by atoms with Crippen LogP contribution in [-0.2, 0) is 19.1 Å². The second kappa shape index (κ2) is 12.7. The molecule has 0 radical (unpaired) electrons. The van der Waals surface area contributed by atoms with E-state index in [1.807, 2.05) is 0 Å². The van der Waals surface area contributed by atoms with E-state index in [1.54, 1.807) is 13.0 Å². The molecule has 0 unspecified atom stereocenters. The van der Waals surface area contributed by atoms with E-state index in [9.17, 15) is 9.59 Å². The normalized spacial score (nSPS) is 11.2. The van der Waals surface area contributed by atoms with Crippen LogP contribution in [0.2, 0.25) is 0 Å². The minimum Gasteiger partial charge on any atom is -0.460 e. The number of hydrogen-bond donors (Lipinski definition) is 0. The van der Waals surface area contributed by atoms with Gasteiger partial charge in [-0.3, -0.25) is 4.79 Å². The number of carbonyl (C=O) groups excluding carboxylic acids is 2. The summed E-state index contributed by atoms with van der Waals surface area (Å²) in [7, 11) is 0. The number of rotatable bonds is 11. The molecule has 0 bridgehead atoms. The molecule has 0 aliphatic rings. The molecule has 0 aromatic heterocycles. The maximum absolute atomic E-state index is 11.5. The van der Waals surface area contributed by atoms with Crippen LogP contribution in [0.4, 0.5) is 0 Å². The number of esters is 2. The number of allylic oxidation sites excluding steroid dienone is 1. The molecule has 0 saturated carbocycles. The third-order valence-electron chi connectivity index (χ3n) is 2.87. The number of hydrogen-bond acceptors (Lipinski definition) is 4. The van der Waals surface area contributed by atoms with E-state index in [0.29, 0.717) is 0 Å². The Bertz CT molecular complexity index is 308.